The summed E-state index contributed by atoms with van der Waals surface area (Å²) in [5.41, 5.74) is 0.864. The van der Waals surface area contributed by atoms with Crippen LogP contribution in [0.2, 0.25) is 0 Å². The molecule has 7 heteroatoms. The van der Waals surface area contributed by atoms with Crippen molar-refractivity contribution in [3.63, 3.8) is 0 Å². The number of fused-ring (bicyclic) bond motifs is 2. The van der Waals surface area contributed by atoms with E-state index in [1.54, 1.807) is 27.0 Å². The molecule has 1 aliphatic heterocycles. The number of anilines is 1. The topological polar surface area (TPSA) is 73.9 Å². The Morgan fingerprint density at radius 1 is 1.00 bits per heavy atom. The van der Waals surface area contributed by atoms with Crippen LogP contribution in [0.1, 0.15) is 37.3 Å². The third-order valence-electron chi connectivity index (χ3n) is 5.98. The molecule has 0 bridgehead atoms. The Morgan fingerprint density at radius 2 is 1.67 bits per heavy atom. The van der Waals surface area contributed by atoms with Crippen LogP contribution < -0.4 is 10.1 Å². The molecule has 33 heavy (non-hydrogen) atoms. The van der Waals surface area contributed by atoms with Gasteiger partial charge in [-0.1, -0.05) is 42.5 Å². The van der Waals surface area contributed by atoms with Gasteiger partial charge in [0.1, 0.15) is 5.75 Å². The van der Waals surface area contributed by atoms with Crippen molar-refractivity contribution in [2.75, 3.05) is 25.6 Å². The molecule has 0 unspecified atom stereocenters. The fourth-order valence-electron chi connectivity index (χ4n) is 4.39. The second-order valence-corrected chi connectivity index (χ2v) is 8.76. The van der Waals surface area contributed by atoms with Crippen molar-refractivity contribution >= 4 is 44.3 Å². The first-order valence-electron chi connectivity index (χ1n) is 10.9. The van der Waals surface area contributed by atoms with Crippen LogP contribution in [-0.4, -0.2) is 37.8 Å². The predicted octanol–water partition coefficient (Wildman–Crippen LogP) is 5.42. The highest BCUT2D eigenvalue weighted by molar-refractivity contribution is 9.10. The highest BCUT2D eigenvalue weighted by atomic mass is 79.9. The van der Waals surface area contributed by atoms with E-state index in [1.165, 1.54) is 0 Å². The van der Waals surface area contributed by atoms with Crippen LogP contribution in [0.3, 0.4) is 0 Å². The zero-order chi connectivity index (χ0) is 23.6. The molecule has 1 N–H and O–H groups in total. The number of carbonyl (C=O) groups excluding carboxylic acids is 2. The number of esters is 2. The average Bonchev–Trinajstić information content (AvgIpc) is 2.83. The summed E-state index contributed by atoms with van der Waals surface area (Å²) in [4.78, 5) is 26.5. The van der Waals surface area contributed by atoms with E-state index in [0.29, 0.717) is 15.9 Å². The summed E-state index contributed by atoms with van der Waals surface area (Å²) in [6.45, 7) is 3.74. The summed E-state index contributed by atoms with van der Waals surface area (Å²) in [5.74, 6) is -0.913. The van der Waals surface area contributed by atoms with E-state index >= 15 is 0 Å². The highest BCUT2D eigenvalue weighted by Crippen LogP contribution is 2.48. The third-order valence-corrected chi connectivity index (χ3v) is 6.60. The van der Waals surface area contributed by atoms with E-state index in [1.807, 2.05) is 30.3 Å². The van der Waals surface area contributed by atoms with Gasteiger partial charge in [0.25, 0.3) is 0 Å². The Balaban J connectivity index is 1.94. The molecule has 0 radical (unpaired) electrons. The molecule has 0 aliphatic carbocycles. The van der Waals surface area contributed by atoms with Crippen molar-refractivity contribution in [3.8, 4) is 5.75 Å². The van der Waals surface area contributed by atoms with Gasteiger partial charge >= 0.3 is 11.9 Å². The Kier molecular flexibility index (Phi) is 6.61. The molecule has 3 aromatic rings. The predicted molar refractivity (Wildman–Crippen MR) is 131 cm³/mol. The average molecular weight is 512 g/mol. The number of ether oxygens (including phenoxy) is 3. The normalized spacial score (nSPS) is 16.4. The molecule has 0 spiro atoms. The molecule has 3 aromatic carbocycles. The minimum Gasteiger partial charge on any atom is -0.497 e. The number of methoxy groups -OCH3 is 1. The van der Waals surface area contributed by atoms with Crippen molar-refractivity contribution in [1.29, 1.82) is 0 Å². The quantitative estimate of drug-likeness (QED) is 0.351. The zero-order valence-electron chi connectivity index (χ0n) is 18.8. The van der Waals surface area contributed by atoms with Crippen LogP contribution >= 0.6 is 15.9 Å². The molecule has 4 rings (SSSR count). The summed E-state index contributed by atoms with van der Waals surface area (Å²) in [7, 11) is 1.61. The van der Waals surface area contributed by atoms with Crippen molar-refractivity contribution in [1.82, 2.24) is 0 Å². The van der Waals surface area contributed by atoms with Gasteiger partial charge in [-0.05, 0) is 63.8 Å². The Labute approximate surface area is 201 Å². The van der Waals surface area contributed by atoms with Crippen LogP contribution in [0.4, 0.5) is 5.69 Å². The number of nitrogens with one attached hydrogen (secondary N) is 1. The van der Waals surface area contributed by atoms with Gasteiger partial charge in [0, 0.05) is 16.8 Å². The van der Waals surface area contributed by atoms with Gasteiger partial charge in [0.05, 0.1) is 26.0 Å². The van der Waals surface area contributed by atoms with Gasteiger partial charge in [0.15, 0.2) is 0 Å². The second-order valence-electron chi connectivity index (χ2n) is 7.91. The summed E-state index contributed by atoms with van der Waals surface area (Å²) in [5, 5.41) is 5.38. The van der Waals surface area contributed by atoms with E-state index in [4.69, 9.17) is 14.2 Å². The van der Waals surface area contributed by atoms with E-state index < -0.39 is 17.5 Å². The van der Waals surface area contributed by atoms with Crippen LogP contribution in [0.15, 0.2) is 59.1 Å². The number of hydrogen-bond acceptors (Lipinski definition) is 6. The molecule has 6 nitrogen and oxygen atoms in total. The molecular weight excluding hydrogens is 486 g/mol. The number of hydrogen-bond donors (Lipinski definition) is 1. The Bertz CT molecular complexity index is 1190. The van der Waals surface area contributed by atoms with Crippen molar-refractivity contribution in [2.45, 2.75) is 31.7 Å². The van der Waals surface area contributed by atoms with E-state index in [-0.39, 0.29) is 25.6 Å². The molecule has 172 valence electrons. The van der Waals surface area contributed by atoms with Gasteiger partial charge in [-0.25, -0.2) is 9.59 Å². The summed E-state index contributed by atoms with van der Waals surface area (Å²) >= 11 is 3.59. The van der Waals surface area contributed by atoms with Gasteiger partial charge in [-0.3, -0.25) is 0 Å². The Morgan fingerprint density at radius 3 is 2.30 bits per heavy atom. The van der Waals surface area contributed by atoms with E-state index in [9.17, 15) is 9.59 Å². The largest absolute Gasteiger partial charge is 0.497 e. The molecule has 0 saturated heterocycles. The monoisotopic (exact) mass is 511 g/mol. The van der Waals surface area contributed by atoms with Crippen molar-refractivity contribution < 1.29 is 23.8 Å². The lowest BCUT2D eigenvalue weighted by atomic mass is 9.75. The van der Waals surface area contributed by atoms with Gasteiger partial charge < -0.3 is 19.5 Å². The van der Waals surface area contributed by atoms with E-state index in [0.717, 1.165) is 21.9 Å². The maximum Gasteiger partial charge on any atom is 0.343 e. The number of carbonyl (C=O) groups is 2. The van der Waals surface area contributed by atoms with Gasteiger partial charge in [0.2, 0.25) is 5.54 Å². The number of rotatable bonds is 6. The summed E-state index contributed by atoms with van der Waals surface area (Å²) in [6, 6.07) is 18.0. The van der Waals surface area contributed by atoms with Gasteiger partial charge in [-0.2, -0.15) is 0 Å². The fourth-order valence-corrected chi connectivity index (χ4v) is 4.94. The third kappa shape index (κ3) is 4.17. The first-order chi connectivity index (χ1) is 15.9. The summed E-state index contributed by atoms with van der Waals surface area (Å²) in [6.07, 6.45) is 0.148. The minimum absolute atomic E-state index is 0.148. The first kappa shape index (κ1) is 23.1. The first-order valence-corrected chi connectivity index (χ1v) is 11.7. The summed E-state index contributed by atoms with van der Waals surface area (Å²) < 4.78 is 16.9. The Hall–Kier alpha value is -3.06. The van der Waals surface area contributed by atoms with Crippen molar-refractivity contribution in [3.05, 3.63) is 70.2 Å². The molecule has 1 aliphatic rings. The van der Waals surface area contributed by atoms with Gasteiger partial charge in [-0.15, -0.1) is 0 Å². The molecule has 0 fully saturated rings. The minimum atomic E-state index is -1.67. The smallest absolute Gasteiger partial charge is 0.343 e. The van der Waals surface area contributed by atoms with Crippen LogP contribution in [0.25, 0.3) is 10.8 Å². The lowest BCUT2D eigenvalue weighted by molar-refractivity contribution is -0.163. The maximum absolute atomic E-state index is 13.2. The van der Waals surface area contributed by atoms with Crippen LogP contribution in [-0.2, 0) is 19.1 Å². The molecular formula is C26H26BrNO5. The fraction of sp³-hybridized carbons (Fsp3) is 0.308. The molecule has 0 amide bonds. The molecule has 1 heterocycles. The SMILES string of the molecule is CCOC(=O)C1(C(=O)OCC)C[C@H](c2ccc3ccccc3c2)c2cc(OC)cc(Br)c2N1. The standard InChI is InChI=1S/C26H26BrNO5/c1-4-32-24(29)26(25(30)33-5-2)15-21(18-11-10-16-8-6-7-9-17(16)12-18)20-13-19(31-3)14-22(27)23(20)28-26/h6-14,21,28H,4-5,15H2,1-3H3/t21-/m1/s1. The molecule has 0 saturated carbocycles. The van der Waals surface area contributed by atoms with Crippen LogP contribution in [0, 0.1) is 0 Å². The lowest BCUT2D eigenvalue weighted by Gasteiger charge is -2.40. The maximum atomic E-state index is 13.2. The van der Waals surface area contributed by atoms with Crippen molar-refractivity contribution in [2.24, 2.45) is 0 Å². The van der Waals surface area contributed by atoms with Crippen LogP contribution in [0.5, 0.6) is 5.75 Å². The zero-order valence-corrected chi connectivity index (χ0v) is 20.4. The molecule has 1 atom stereocenters. The second kappa shape index (κ2) is 9.43. The van der Waals surface area contributed by atoms with E-state index in [2.05, 4.69) is 39.4 Å². The lowest BCUT2D eigenvalue weighted by Crippen LogP contribution is -2.58. The number of halogens is 1. The molecule has 0 aromatic heterocycles. The number of benzene rings is 3. The highest BCUT2D eigenvalue weighted by Gasteiger charge is 2.54.